The summed E-state index contributed by atoms with van der Waals surface area (Å²) in [6.45, 7) is 0. The third-order valence-electron chi connectivity index (χ3n) is 4.27. The highest BCUT2D eigenvalue weighted by Gasteiger charge is 2.09. The summed E-state index contributed by atoms with van der Waals surface area (Å²) in [7, 11) is 0. The summed E-state index contributed by atoms with van der Waals surface area (Å²) >= 11 is 0. The second-order valence-corrected chi connectivity index (χ2v) is 6.37. The van der Waals surface area contributed by atoms with E-state index in [9.17, 15) is 4.79 Å². The molecule has 0 spiro atoms. The molecule has 4 nitrogen and oxygen atoms in total. The molecule has 0 heterocycles. The molecule has 0 unspecified atom stereocenters. The Morgan fingerprint density at radius 3 is 1.93 bits per heavy atom. The van der Waals surface area contributed by atoms with Gasteiger partial charge in [0, 0.05) is 0 Å². The summed E-state index contributed by atoms with van der Waals surface area (Å²) < 4.78 is 5.52. The fraction of sp³-hybridized carbons (Fsp3) is 0. The van der Waals surface area contributed by atoms with Crippen LogP contribution in [0.15, 0.2) is 119 Å². The minimum Gasteiger partial charge on any atom is -0.423 e. The number of rotatable bonds is 5. The number of hydrogen-bond acceptors (Lipinski definition) is 4. The quantitative estimate of drug-likeness (QED) is 0.213. The first-order valence-corrected chi connectivity index (χ1v) is 9.22. The van der Waals surface area contributed by atoms with Crippen molar-refractivity contribution in [3.8, 4) is 16.9 Å². The van der Waals surface area contributed by atoms with Crippen molar-refractivity contribution in [1.29, 1.82) is 0 Å². The Labute approximate surface area is 169 Å². The molecule has 0 N–H and O–H groups in total. The lowest BCUT2D eigenvalue weighted by molar-refractivity contribution is 0.0735. The van der Waals surface area contributed by atoms with Gasteiger partial charge in [-0.1, -0.05) is 60.7 Å². The molecule has 29 heavy (non-hydrogen) atoms. The molecule has 0 fully saturated rings. The Balaban J connectivity index is 1.54. The zero-order chi connectivity index (χ0) is 19.9. The number of carbonyl (C=O) groups excluding carboxylic acids is 1. The summed E-state index contributed by atoms with van der Waals surface area (Å²) in [5.41, 5.74) is 3.96. The Morgan fingerprint density at radius 1 is 0.586 bits per heavy atom. The van der Waals surface area contributed by atoms with Crippen LogP contribution in [-0.4, -0.2) is 5.97 Å². The predicted octanol–water partition coefficient (Wildman–Crippen LogP) is 6.99. The van der Waals surface area contributed by atoms with Crippen molar-refractivity contribution in [3.05, 3.63) is 115 Å². The van der Waals surface area contributed by atoms with Gasteiger partial charge in [0.1, 0.15) is 5.75 Å². The van der Waals surface area contributed by atoms with Gasteiger partial charge in [-0.05, 0) is 59.7 Å². The zero-order valence-corrected chi connectivity index (χ0v) is 15.6. The molecule has 0 aliphatic rings. The first-order valence-electron chi connectivity index (χ1n) is 9.22. The fourth-order valence-electron chi connectivity index (χ4n) is 2.84. The van der Waals surface area contributed by atoms with Crippen molar-refractivity contribution in [2.75, 3.05) is 0 Å². The standard InChI is InChI=1S/C25H18N2O2/c28-25(19-9-3-1-4-10-19)29-24-16-8-12-21(18-24)20-11-7-15-23(17-20)27-26-22-13-5-2-6-14-22/h1-18H/b27-26+. The topological polar surface area (TPSA) is 51.0 Å². The van der Waals surface area contributed by atoms with E-state index in [0.29, 0.717) is 11.3 Å². The largest absolute Gasteiger partial charge is 0.423 e. The lowest BCUT2D eigenvalue weighted by Crippen LogP contribution is -2.08. The van der Waals surface area contributed by atoms with E-state index in [1.54, 1.807) is 18.2 Å². The molecular weight excluding hydrogens is 360 g/mol. The first kappa shape index (κ1) is 18.3. The zero-order valence-electron chi connectivity index (χ0n) is 15.6. The van der Waals surface area contributed by atoms with E-state index in [2.05, 4.69) is 10.2 Å². The molecule has 0 saturated carbocycles. The lowest BCUT2D eigenvalue weighted by atomic mass is 10.0. The molecule has 140 valence electrons. The summed E-state index contributed by atoms with van der Waals surface area (Å²) in [6.07, 6.45) is 0. The maximum atomic E-state index is 12.3. The smallest absolute Gasteiger partial charge is 0.343 e. The third-order valence-corrected chi connectivity index (χ3v) is 4.27. The van der Waals surface area contributed by atoms with Gasteiger partial charge in [-0.2, -0.15) is 10.2 Å². The fourth-order valence-corrected chi connectivity index (χ4v) is 2.84. The van der Waals surface area contributed by atoms with Crippen LogP contribution in [0, 0.1) is 0 Å². The van der Waals surface area contributed by atoms with Gasteiger partial charge in [0.25, 0.3) is 0 Å². The molecule has 4 heteroatoms. The van der Waals surface area contributed by atoms with Gasteiger partial charge in [0.05, 0.1) is 16.9 Å². The van der Waals surface area contributed by atoms with Crippen molar-refractivity contribution in [1.82, 2.24) is 0 Å². The van der Waals surface area contributed by atoms with Crippen molar-refractivity contribution in [2.24, 2.45) is 10.2 Å². The minimum absolute atomic E-state index is 0.381. The van der Waals surface area contributed by atoms with Gasteiger partial charge >= 0.3 is 5.97 Å². The van der Waals surface area contributed by atoms with Gasteiger partial charge < -0.3 is 4.74 Å². The van der Waals surface area contributed by atoms with E-state index in [1.807, 2.05) is 91.0 Å². The maximum Gasteiger partial charge on any atom is 0.343 e. The van der Waals surface area contributed by atoms with E-state index in [1.165, 1.54) is 0 Å². The van der Waals surface area contributed by atoms with Crippen LogP contribution in [0.5, 0.6) is 5.75 Å². The van der Waals surface area contributed by atoms with Gasteiger partial charge in [-0.3, -0.25) is 0 Å². The molecule has 0 saturated heterocycles. The Morgan fingerprint density at radius 2 is 1.17 bits per heavy atom. The Kier molecular flexibility index (Phi) is 5.53. The second kappa shape index (κ2) is 8.76. The molecule has 4 aromatic carbocycles. The van der Waals surface area contributed by atoms with Crippen molar-refractivity contribution in [3.63, 3.8) is 0 Å². The Bertz CT molecular complexity index is 1140. The van der Waals surface area contributed by atoms with Crippen LogP contribution >= 0.6 is 0 Å². The highest BCUT2D eigenvalue weighted by molar-refractivity contribution is 5.91. The highest BCUT2D eigenvalue weighted by Crippen LogP contribution is 2.28. The summed E-state index contributed by atoms with van der Waals surface area (Å²) in [4.78, 5) is 12.3. The van der Waals surface area contributed by atoms with Crippen LogP contribution in [0.2, 0.25) is 0 Å². The number of esters is 1. The van der Waals surface area contributed by atoms with Crippen LogP contribution in [-0.2, 0) is 0 Å². The monoisotopic (exact) mass is 378 g/mol. The number of azo groups is 1. The molecule has 0 aliphatic carbocycles. The van der Waals surface area contributed by atoms with Gasteiger partial charge in [-0.15, -0.1) is 0 Å². The van der Waals surface area contributed by atoms with Crippen molar-refractivity contribution >= 4 is 17.3 Å². The molecule has 0 atom stereocenters. The molecule has 4 rings (SSSR count). The minimum atomic E-state index is -0.381. The van der Waals surface area contributed by atoms with Crippen LogP contribution < -0.4 is 4.74 Å². The van der Waals surface area contributed by atoms with E-state index in [4.69, 9.17) is 4.74 Å². The molecule has 0 bridgehead atoms. The van der Waals surface area contributed by atoms with Crippen LogP contribution in [0.3, 0.4) is 0 Å². The third kappa shape index (κ3) is 4.82. The van der Waals surface area contributed by atoms with E-state index >= 15 is 0 Å². The maximum absolute atomic E-state index is 12.3. The number of ether oxygens (including phenoxy) is 1. The molecule has 0 aliphatic heterocycles. The average molecular weight is 378 g/mol. The number of carbonyl (C=O) groups is 1. The SMILES string of the molecule is O=C(Oc1cccc(-c2cccc(/N=N/c3ccccc3)c2)c1)c1ccccc1. The van der Waals surface area contributed by atoms with Gasteiger partial charge in [0.2, 0.25) is 0 Å². The van der Waals surface area contributed by atoms with Crippen LogP contribution in [0.1, 0.15) is 10.4 Å². The molecule has 0 radical (unpaired) electrons. The van der Waals surface area contributed by atoms with E-state index in [0.717, 1.165) is 22.5 Å². The Hall–Kier alpha value is -4.05. The lowest BCUT2D eigenvalue weighted by Gasteiger charge is -2.07. The summed E-state index contributed by atoms with van der Waals surface area (Å²) in [5.74, 6) is 0.112. The van der Waals surface area contributed by atoms with E-state index < -0.39 is 0 Å². The van der Waals surface area contributed by atoms with Crippen LogP contribution in [0.25, 0.3) is 11.1 Å². The van der Waals surface area contributed by atoms with Gasteiger partial charge in [-0.25, -0.2) is 4.79 Å². The molecular formula is C25H18N2O2. The number of nitrogens with zero attached hydrogens (tertiary/aromatic N) is 2. The summed E-state index contributed by atoms with van der Waals surface area (Å²) in [6, 6.07) is 33.7. The van der Waals surface area contributed by atoms with Crippen molar-refractivity contribution < 1.29 is 9.53 Å². The molecule has 0 aromatic heterocycles. The van der Waals surface area contributed by atoms with Crippen LogP contribution in [0.4, 0.5) is 11.4 Å². The summed E-state index contributed by atoms with van der Waals surface area (Å²) in [5, 5.41) is 8.57. The molecule has 0 amide bonds. The average Bonchev–Trinajstić information content (AvgIpc) is 2.79. The normalized spacial score (nSPS) is 10.8. The number of benzene rings is 4. The molecule has 4 aromatic rings. The number of hydrogen-bond donors (Lipinski definition) is 0. The second-order valence-electron chi connectivity index (χ2n) is 6.37. The highest BCUT2D eigenvalue weighted by atomic mass is 16.5. The van der Waals surface area contributed by atoms with E-state index in [-0.39, 0.29) is 5.97 Å². The van der Waals surface area contributed by atoms with Crippen molar-refractivity contribution in [2.45, 2.75) is 0 Å². The van der Waals surface area contributed by atoms with Gasteiger partial charge in [0.15, 0.2) is 0 Å². The first-order chi connectivity index (χ1) is 14.3. The predicted molar refractivity (Wildman–Crippen MR) is 114 cm³/mol.